The number of benzene rings is 2. The maximum atomic E-state index is 12.3. The van der Waals surface area contributed by atoms with Gasteiger partial charge in [0.15, 0.2) is 29.1 Å². The molecule has 0 radical (unpaired) electrons. The number of methoxy groups -OCH3 is 2. The molecule has 0 fully saturated rings. The van der Waals surface area contributed by atoms with Gasteiger partial charge in [-0.25, -0.2) is 4.79 Å². The second kappa shape index (κ2) is 5.86. The summed E-state index contributed by atoms with van der Waals surface area (Å²) < 4.78 is 26.5. The van der Waals surface area contributed by atoms with E-state index in [0.29, 0.717) is 34.1 Å². The Hall–Kier alpha value is -2.93. The Morgan fingerprint density at radius 3 is 2.68 bits per heavy atom. The lowest BCUT2D eigenvalue weighted by atomic mass is 9.96. The van der Waals surface area contributed by atoms with Crippen LogP contribution in [0, 0.1) is 0 Å². The Labute approximate surface area is 143 Å². The molecular weight excluding hydrogens is 328 g/mol. The first-order valence-electron chi connectivity index (χ1n) is 7.67. The average molecular weight is 344 g/mol. The Bertz CT molecular complexity index is 846. The normalized spacial score (nSPS) is 18.5. The first-order valence-corrected chi connectivity index (χ1v) is 7.67. The molecule has 0 amide bonds. The Kier molecular flexibility index (Phi) is 3.65. The summed E-state index contributed by atoms with van der Waals surface area (Å²) in [6.45, 7) is 0.146. The van der Waals surface area contributed by atoms with Crippen LogP contribution in [-0.2, 0) is 4.74 Å². The summed E-state index contributed by atoms with van der Waals surface area (Å²) >= 11 is 0. The highest BCUT2D eigenvalue weighted by Crippen LogP contribution is 2.47. The van der Waals surface area contributed by atoms with E-state index in [4.69, 9.17) is 23.7 Å². The van der Waals surface area contributed by atoms with Crippen LogP contribution in [0.1, 0.15) is 33.7 Å². The number of esters is 1. The lowest BCUT2D eigenvalue weighted by Gasteiger charge is -2.19. The predicted octanol–water partition coefficient (Wildman–Crippen LogP) is 2.38. The number of cyclic esters (lactones) is 1. The molecule has 2 atom stereocenters. The van der Waals surface area contributed by atoms with Crippen molar-refractivity contribution in [2.75, 3.05) is 21.0 Å². The van der Waals surface area contributed by atoms with Crippen molar-refractivity contribution in [1.29, 1.82) is 0 Å². The molecule has 0 aromatic heterocycles. The average Bonchev–Trinajstić information content (AvgIpc) is 3.24. The van der Waals surface area contributed by atoms with Gasteiger partial charge in [-0.15, -0.1) is 0 Å². The van der Waals surface area contributed by atoms with Gasteiger partial charge in [0.2, 0.25) is 6.79 Å². The van der Waals surface area contributed by atoms with Gasteiger partial charge in [0.05, 0.1) is 14.2 Å². The lowest BCUT2D eigenvalue weighted by Crippen LogP contribution is -2.10. The SMILES string of the molecule is COc1ccc2c(c1OC)C(=O)O[C@@H]2[C@@H](O)c1ccc2c(c1)OCO2. The standard InChI is InChI=1S/C18H16O7/c1-21-12-6-4-10-14(17(12)22-2)18(20)25-16(10)15(19)9-3-5-11-13(7-9)24-8-23-11/h3-7,15-16,19H,8H2,1-2H3/t15-,16-/m0/s1. The first-order chi connectivity index (χ1) is 12.1. The van der Waals surface area contributed by atoms with Crippen molar-refractivity contribution in [2.24, 2.45) is 0 Å². The topological polar surface area (TPSA) is 83.5 Å². The molecule has 2 aliphatic rings. The minimum Gasteiger partial charge on any atom is -0.493 e. The molecule has 0 aliphatic carbocycles. The van der Waals surface area contributed by atoms with Crippen molar-refractivity contribution in [2.45, 2.75) is 12.2 Å². The van der Waals surface area contributed by atoms with E-state index in [-0.39, 0.29) is 12.4 Å². The number of hydrogen-bond donors (Lipinski definition) is 1. The lowest BCUT2D eigenvalue weighted by molar-refractivity contribution is -0.0103. The molecule has 0 bridgehead atoms. The van der Waals surface area contributed by atoms with Gasteiger partial charge in [-0.1, -0.05) is 12.1 Å². The summed E-state index contributed by atoms with van der Waals surface area (Å²) in [4.78, 5) is 12.3. The van der Waals surface area contributed by atoms with E-state index < -0.39 is 18.2 Å². The minimum absolute atomic E-state index is 0.146. The van der Waals surface area contributed by atoms with Gasteiger partial charge in [0, 0.05) is 5.56 Å². The fraction of sp³-hybridized carbons (Fsp3) is 0.278. The molecule has 130 valence electrons. The minimum atomic E-state index is -1.06. The van der Waals surface area contributed by atoms with Crippen LogP contribution >= 0.6 is 0 Å². The highest BCUT2D eigenvalue weighted by Gasteiger charge is 2.40. The largest absolute Gasteiger partial charge is 0.493 e. The zero-order valence-electron chi connectivity index (χ0n) is 13.6. The van der Waals surface area contributed by atoms with E-state index in [1.165, 1.54) is 14.2 Å². The second-order valence-electron chi connectivity index (χ2n) is 5.65. The van der Waals surface area contributed by atoms with Crippen LogP contribution in [0.3, 0.4) is 0 Å². The quantitative estimate of drug-likeness (QED) is 0.853. The summed E-state index contributed by atoms with van der Waals surface area (Å²) in [5, 5.41) is 10.8. The molecule has 0 unspecified atom stereocenters. The molecule has 1 N–H and O–H groups in total. The number of rotatable bonds is 4. The summed E-state index contributed by atoms with van der Waals surface area (Å²) in [5.41, 5.74) is 1.38. The van der Waals surface area contributed by atoms with Crippen LogP contribution in [0.15, 0.2) is 30.3 Å². The van der Waals surface area contributed by atoms with Crippen molar-refractivity contribution >= 4 is 5.97 Å². The van der Waals surface area contributed by atoms with Gasteiger partial charge in [-0.3, -0.25) is 0 Å². The Morgan fingerprint density at radius 2 is 1.92 bits per heavy atom. The Balaban J connectivity index is 1.73. The van der Waals surface area contributed by atoms with Crippen molar-refractivity contribution in [3.63, 3.8) is 0 Å². The third-order valence-corrected chi connectivity index (χ3v) is 4.35. The molecule has 0 spiro atoms. The molecule has 0 saturated carbocycles. The molecule has 25 heavy (non-hydrogen) atoms. The number of carbonyl (C=O) groups is 1. The Morgan fingerprint density at radius 1 is 1.12 bits per heavy atom. The van der Waals surface area contributed by atoms with E-state index in [1.807, 2.05) is 0 Å². The molecule has 7 heteroatoms. The maximum Gasteiger partial charge on any atom is 0.343 e. The van der Waals surface area contributed by atoms with Crippen LogP contribution in [0.2, 0.25) is 0 Å². The molecule has 2 heterocycles. The van der Waals surface area contributed by atoms with Crippen LogP contribution in [0.4, 0.5) is 0 Å². The van der Waals surface area contributed by atoms with Crippen LogP contribution in [0.5, 0.6) is 23.0 Å². The van der Waals surface area contributed by atoms with Crippen molar-refractivity contribution in [3.8, 4) is 23.0 Å². The summed E-state index contributed by atoms with van der Waals surface area (Å²) in [6.07, 6.45) is -1.90. The van der Waals surface area contributed by atoms with Gasteiger partial charge in [0.25, 0.3) is 0 Å². The van der Waals surface area contributed by atoms with Crippen LogP contribution in [0.25, 0.3) is 0 Å². The number of carbonyl (C=O) groups excluding carboxylic acids is 1. The van der Waals surface area contributed by atoms with Gasteiger partial charge in [-0.2, -0.15) is 0 Å². The summed E-state index contributed by atoms with van der Waals surface area (Å²) in [7, 11) is 2.94. The number of hydrogen-bond acceptors (Lipinski definition) is 7. The highest BCUT2D eigenvalue weighted by molar-refractivity contribution is 5.98. The van der Waals surface area contributed by atoms with Crippen molar-refractivity contribution in [1.82, 2.24) is 0 Å². The first kappa shape index (κ1) is 15.6. The maximum absolute atomic E-state index is 12.3. The third kappa shape index (κ3) is 2.35. The zero-order chi connectivity index (χ0) is 17.6. The predicted molar refractivity (Wildman–Crippen MR) is 85.2 cm³/mol. The summed E-state index contributed by atoms with van der Waals surface area (Å²) in [6, 6.07) is 8.49. The molecule has 2 aromatic rings. The number of ether oxygens (including phenoxy) is 5. The van der Waals surface area contributed by atoms with Gasteiger partial charge in [0.1, 0.15) is 11.7 Å². The van der Waals surface area contributed by atoms with Crippen molar-refractivity contribution < 1.29 is 33.6 Å². The zero-order valence-corrected chi connectivity index (χ0v) is 13.6. The smallest absolute Gasteiger partial charge is 0.343 e. The van der Waals surface area contributed by atoms with Gasteiger partial charge < -0.3 is 28.8 Å². The van der Waals surface area contributed by atoms with E-state index >= 15 is 0 Å². The van der Waals surface area contributed by atoms with Crippen molar-refractivity contribution in [3.05, 3.63) is 47.0 Å². The number of aliphatic hydroxyl groups excluding tert-OH is 1. The van der Waals surface area contributed by atoms with E-state index in [9.17, 15) is 9.90 Å². The highest BCUT2D eigenvalue weighted by atomic mass is 16.7. The fourth-order valence-corrected chi connectivity index (χ4v) is 3.13. The molecule has 2 aromatic carbocycles. The molecule has 7 nitrogen and oxygen atoms in total. The fourth-order valence-electron chi connectivity index (χ4n) is 3.13. The van der Waals surface area contributed by atoms with Crippen LogP contribution in [-0.4, -0.2) is 32.1 Å². The monoisotopic (exact) mass is 344 g/mol. The third-order valence-electron chi connectivity index (χ3n) is 4.35. The molecule has 4 rings (SSSR count). The second-order valence-corrected chi connectivity index (χ2v) is 5.65. The summed E-state index contributed by atoms with van der Waals surface area (Å²) in [5.74, 6) is 1.33. The molecular formula is C18H16O7. The molecule has 2 aliphatic heterocycles. The van der Waals surface area contributed by atoms with E-state index in [0.717, 1.165) is 0 Å². The van der Waals surface area contributed by atoms with Gasteiger partial charge in [-0.05, 0) is 23.8 Å². The number of fused-ring (bicyclic) bond motifs is 2. The van der Waals surface area contributed by atoms with E-state index in [2.05, 4.69) is 0 Å². The van der Waals surface area contributed by atoms with Gasteiger partial charge >= 0.3 is 5.97 Å². The van der Waals surface area contributed by atoms with E-state index in [1.54, 1.807) is 30.3 Å². The molecule has 0 saturated heterocycles. The van der Waals surface area contributed by atoms with Crippen LogP contribution < -0.4 is 18.9 Å². The number of aliphatic hydroxyl groups is 1.